The smallest absolute Gasteiger partial charge is 0.321 e. The van der Waals surface area contributed by atoms with Gasteiger partial charge in [0.1, 0.15) is 17.0 Å². The highest BCUT2D eigenvalue weighted by molar-refractivity contribution is 6.11. The Hall–Kier alpha value is -1.98. The molecule has 1 saturated carbocycles. The van der Waals surface area contributed by atoms with Crippen molar-refractivity contribution < 1.29 is 23.1 Å². The fraction of sp³-hybridized carbons (Fsp3) is 0.333. The highest BCUT2D eigenvalue weighted by Crippen LogP contribution is 2.47. The number of carbonyl (C=O) groups is 2. The van der Waals surface area contributed by atoms with Crippen LogP contribution in [0.5, 0.6) is 0 Å². The number of nitrogens with one attached hydrogen (secondary N) is 1. The first-order valence-electron chi connectivity index (χ1n) is 5.34. The molecule has 2 rings (SSSR count). The van der Waals surface area contributed by atoms with Crippen molar-refractivity contribution in [1.82, 2.24) is 0 Å². The minimum absolute atomic E-state index is 0.156. The second-order valence-corrected chi connectivity index (χ2v) is 4.15. The number of carbonyl (C=O) groups excluding carboxylic acids is 2. The van der Waals surface area contributed by atoms with E-state index < -0.39 is 28.9 Å². The summed E-state index contributed by atoms with van der Waals surface area (Å²) in [6, 6.07) is 2.79. The third-order valence-electron chi connectivity index (χ3n) is 2.94. The van der Waals surface area contributed by atoms with Gasteiger partial charge in [-0.3, -0.25) is 9.59 Å². The molecule has 0 aromatic heterocycles. The molecular formula is C12H11F2NO3. The van der Waals surface area contributed by atoms with Crippen molar-refractivity contribution in [2.75, 3.05) is 12.4 Å². The highest BCUT2D eigenvalue weighted by atomic mass is 19.1. The van der Waals surface area contributed by atoms with Gasteiger partial charge >= 0.3 is 5.97 Å². The summed E-state index contributed by atoms with van der Waals surface area (Å²) in [4.78, 5) is 23.3. The third-order valence-corrected chi connectivity index (χ3v) is 2.94. The molecule has 1 aromatic carbocycles. The predicted octanol–water partition coefficient (Wildman–Crippen LogP) is 1.86. The molecule has 96 valence electrons. The lowest BCUT2D eigenvalue weighted by Crippen LogP contribution is -2.32. The first kappa shape index (κ1) is 12.5. The quantitative estimate of drug-likeness (QED) is 0.662. The maximum atomic E-state index is 13.3. The molecule has 0 bridgehead atoms. The standard InChI is InChI=1S/C12H11F2NO3/c1-18-11(17)12(4-5-12)10(16)15-9-3-2-7(13)6-8(9)14/h2-3,6H,4-5H2,1H3,(H,15,16). The van der Waals surface area contributed by atoms with E-state index in [1.165, 1.54) is 7.11 Å². The molecule has 0 radical (unpaired) electrons. The number of halogens is 2. The lowest BCUT2D eigenvalue weighted by molar-refractivity contribution is -0.150. The molecule has 1 amide bonds. The van der Waals surface area contributed by atoms with E-state index in [2.05, 4.69) is 10.1 Å². The molecule has 4 nitrogen and oxygen atoms in total. The Morgan fingerprint density at radius 2 is 2.00 bits per heavy atom. The topological polar surface area (TPSA) is 55.4 Å². The lowest BCUT2D eigenvalue weighted by Gasteiger charge is -2.13. The van der Waals surface area contributed by atoms with Crippen LogP contribution in [-0.2, 0) is 14.3 Å². The average Bonchev–Trinajstić information content (AvgIpc) is 3.13. The van der Waals surface area contributed by atoms with Gasteiger partial charge in [0.15, 0.2) is 0 Å². The Labute approximate surface area is 102 Å². The van der Waals surface area contributed by atoms with Crippen molar-refractivity contribution >= 4 is 17.6 Å². The Balaban J connectivity index is 2.15. The lowest BCUT2D eigenvalue weighted by atomic mass is 10.1. The fourth-order valence-electron chi connectivity index (χ4n) is 1.68. The van der Waals surface area contributed by atoms with E-state index in [0.717, 1.165) is 12.1 Å². The summed E-state index contributed by atoms with van der Waals surface area (Å²) < 4.78 is 30.6. The van der Waals surface area contributed by atoms with Crippen molar-refractivity contribution in [3.05, 3.63) is 29.8 Å². The molecule has 0 saturated heterocycles. The number of benzene rings is 1. The normalized spacial score (nSPS) is 15.9. The van der Waals surface area contributed by atoms with E-state index in [1.54, 1.807) is 0 Å². The average molecular weight is 255 g/mol. The van der Waals surface area contributed by atoms with Gasteiger partial charge in [-0.15, -0.1) is 0 Å². The van der Waals surface area contributed by atoms with Crippen LogP contribution in [0, 0.1) is 17.0 Å². The Kier molecular flexibility index (Phi) is 3.02. The fourth-order valence-corrected chi connectivity index (χ4v) is 1.68. The van der Waals surface area contributed by atoms with Crippen LogP contribution in [0.1, 0.15) is 12.8 Å². The van der Waals surface area contributed by atoms with Crippen LogP contribution >= 0.6 is 0 Å². The summed E-state index contributed by atoms with van der Waals surface area (Å²) in [5.41, 5.74) is -1.37. The van der Waals surface area contributed by atoms with Gasteiger partial charge in [-0.1, -0.05) is 0 Å². The van der Waals surface area contributed by atoms with E-state index in [9.17, 15) is 18.4 Å². The van der Waals surface area contributed by atoms with Crippen LogP contribution in [0.2, 0.25) is 0 Å². The molecule has 1 aliphatic rings. The van der Waals surface area contributed by atoms with Gasteiger partial charge < -0.3 is 10.1 Å². The molecule has 0 aliphatic heterocycles. The first-order chi connectivity index (χ1) is 8.49. The monoisotopic (exact) mass is 255 g/mol. The van der Waals surface area contributed by atoms with Gasteiger partial charge in [-0.05, 0) is 25.0 Å². The second kappa shape index (κ2) is 4.36. The molecule has 1 fully saturated rings. The van der Waals surface area contributed by atoms with Gasteiger partial charge in [0, 0.05) is 6.07 Å². The van der Waals surface area contributed by atoms with E-state index in [1.807, 2.05) is 0 Å². The molecule has 1 aromatic rings. The number of esters is 1. The van der Waals surface area contributed by atoms with Crippen LogP contribution in [-0.4, -0.2) is 19.0 Å². The van der Waals surface area contributed by atoms with Gasteiger partial charge in [0.25, 0.3) is 0 Å². The van der Waals surface area contributed by atoms with Gasteiger partial charge in [0.05, 0.1) is 12.8 Å². The van der Waals surface area contributed by atoms with E-state index in [4.69, 9.17) is 0 Å². The zero-order valence-corrected chi connectivity index (χ0v) is 9.63. The van der Waals surface area contributed by atoms with E-state index in [-0.39, 0.29) is 5.69 Å². The van der Waals surface area contributed by atoms with Crippen molar-refractivity contribution in [2.24, 2.45) is 5.41 Å². The number of amides is 1. The molecule has 0 spiro atoms. The summed E-state index contributed by atoms with van der Waals surface area (Å²) in [5.74, 6) is -2.88. The first-order valence-corrected chi connectivity index (χ1v) is 5.34. The molecular weight excluding hydrogens is 244 g/mol. The maximum Gasteiger partial charge on any atom is 0.321 e. The van der Waals surface area contributed by atoms with E-state index >= 15 is 0 Å². The minimum atomic E-state index is -1.21. The van der Waals surface area contributed by atoms with Crippen molar-refractivity contribution in [2.45, 2.75) is 12.8 Å². The summed E-state index contributed by atoms with van der Waals surface area (Å²) in [7, 11) is 1.19. The van der Waals surface area contributed by atoms with Crippen molar-refractivity contribution in [1.29, 1.82) is 0 Å². The van der Waals surface area contributed by atoms with Crippen LogP contribution in [0.15, 0.2) is 18.2 Å². The Bertz CT molecular complexity index is 512. The number of methoxy groups -OCH3 is 1. The van der Waals surface area contributed by atoms with Crippen LogP contribution < -0.4 is 5.32 Å². The highest BCUT2D eigenvalue weighted by Gasteiger charge is 2.57. The molecule has 1 aliphatic carbocycles. The Morgan fingerprint density at radius 3 is 2.50 bits per heavy atom. The summed E-state index contributed by atoms with van der Waals surface area (Å²) in [5, 5.41) is 2.27. The molecule has 0 heterocycles. The molecule has 1 N–H and O–H groups in total. The predicted molar refractivity (Wildman–Crippen MR) is 58.7 cm³/mol. The van der Waals surface area contributed by atoms with Crippen LogP contribution in [0.25, 0.3) is 0 Å². The SMILES string of the molecule is COC(=O)C1(C(=O)Nc2ccc(F)cc2F)CC1. The summed E-state index contributed by atoms with van der Waals surface area (Å²) in [6.07, 6.45) is 0.739. The summed E-state index contributed by atoms with van der Waals surface area (Å²) >= 11 is 0. The van der Waals surface area contributed by atoms with Gasteiger partial charge in [0.2, 0.25) is 5.91 Å². The largest absolute Gasteiger partial charge is 0.468 e. The second-order valence-electron chi connectivity index (χ2n) is 4.15. The minimum Gasteiger partial charge on any atom is -0.468 e. The number of ether oxygens (including phenoxy) is 1. The molecule has 18 heavy (non-hydrogen) atoms. The molecule has 6 heteroatoms. The summed E-state index contributed by atoms with van der Waals surface area (Å²) in [6.45, 7) is 0. The van der Waals surface area contributed by atoms with Gasteiger partial charge in [-0.25, -0.2) is 8.78 Å². The number of hydrogen-bond donors (Lipinski definition) is 1. The number of anilines is 1. The van der Waals surface area contributed by atoms with E-state index in [0.29, 0.717) is 18.9 Å². The number of rotatable bonds is 3. The maximum absolute atomic E-state index is 13.3. The zero-order chi connectivity index (χ0) is 13.3. The third kappa shape index (κ3) is 2.05. The zero-order valence-electron chi connectivity index (χ0n) is 9.63. The van der Waals surface area contributed by atoms with Crippen LogP contribution in [0.3, 0.4) is 0 Å². The van der Waals surface area contributed by atoms with Crippen molar-refractivity contribution in [3.63, 3.8) is 0 Å². The van der Waals surface area contributed by atoms with Crippen molar-refractivity contribution in [3.8, 4) is 0 Å². The number of hydrogen-bond acceptors (Lipinski definition) is 3. The molecule has 0 atom stereocenters. The Morgan fingerprint density at radius 1 is 1.33 bits per heavy atom. The van der Waals surface area contributed by atoms with Crippen LogP contribution in [0.4, 0.5) is 14.5 Å². The molecule has 0 unspecified atom stereocenters. The van der Waals surface area contributed by atoms with Gasteiger partial charge in [-0.2, -0.15) is 0 Å².